The number of carbonyl (C=O) groups is 1. The van der Waals surface area contributed by atoms with Crippen LogP contribution in [0.1, 0.15) is 6.42 Å². The Morgan fingerprint density at radius 2 is 2.18 bits per heavy atom. The Labute approximate surface area is 64.9 Å². The van der Waals surface area contributed by atoms with E-state index in [0.717, 1.165) is 0 Å². The summed E-state index contributed by atoms with van der Waals surface area (Å²) in [6, 6.07) is 0. The highest BCUT2D eigenvalue weighted by Gasteiger charge is 2.14. The maximum absolute atomic E-state index is 10.5. The first-order valence-electron chi connectivity index (χ1n) is 3.07. The number of hydrogen-bond acceptors (Lipinski definition) is 4. The first kappa shape index (κ1) is 10.5. The third kappa shape index (κ3) is 7.39. The van der Waals surface area contributed by atoms with E-state index < -0.39 is 14.0 Å². The zero-order chi connectivity index (χ0) is 8.69. The van der Waals surface area contributed by atoms with Gasteiger partial charge in [-0.15, -0.1) is 0 Å². The number of ether oxygens (including phenoxy) is 1. The summed E-state index contributed by atoms with van der Waals surface area (Å²) in [4.78, 5) is 18.8. The molecule has 0 aliphatic carbocycles. The summed E-state index contributed by atoms with van der Waals surface area (Å²) in [6.45, 7) is -0.280. The topological polar surface area (TPSA) is 83.8 Å². The van der Waals surface area contributed by atoms with Gasteiger partial charge in [0.15, 0.2) is 6.16 Å². The highest BCUT2D eigenvalue weighted by Crippen LogP contribution is 2.13. The molecule has 1 unspecified atom stereocenters. The molecule has 0 saturated heterocycles. The van der Waals surface area contributed by atoms with E-state index in [0.29, 0.717) is 0 Å². The summed E-state index contributed by atoms with van der Waals surface area (Å²) in [6.07, 6.45) is -0.161. The van der Waals surface area contributed by atoms with E-state index in [-0.39, 0.29) is 25.8 Å². The monoisotopic (exact) mass is 181 g/mol. The number of rotatable bonds is 5. The van der Waals surface area contributed by atoms with Crippen molar-refractivity contribution in [3.05, 3.63) is 0 Å². The minimum atomic E-state index is -2.26. The zero-order valence-corrected chi connectivity index (χ0v) is 6.79. The lowest BCUT2D eigenvalue weighted by Gasteiger charge is -1.97. The molecule has 0 radical (unpaired) electrons. The molecule has 0 aromatic heterocycles. The molecule has 0 amide bonds. The predicted octanol–water partition coefficient (Wildman–Crippen LogP) is -0.353. The lowest BCUT2D eigenvalue weighted by atomic mass is 10.5. The average molecular weight is 181 g/mol. The zero-order valence-electron chi connectivity index (χ0n) is 5.89. The minimum Gasteiger partial charge on any atom is -0.463 e. The van der Waals surface area contributed by atoms with E-state index in [2.05, 4.69) is 4.74 Å². The molecule has 64 valence electrons. The molecule has 0 heterocycles. The van der Waals surface area contributed by atoms with Gasteiger partial charge in [-0.25, -0.2) is 0 Å². The lowest BCUT2D eigenvalue weighted by Crippen LogP contribution is -2.08. The second kappa shape index (κ2) is 6.22. The van der Waals surface area contributed by atoms with Gasteiger partial charge in [-0.3, -0.25) is 4.79 Å². The Morgan fingerprint density at radius 1 is 1.55 bits per heavy atom. The maximum Gasteiger partial charge on any atom is 0.506 e. The summed E-state index contributed by atoms with van der Waals surface area (Å²) in [5, 5.41) is 8.21. The van der Waals surface area contributed by atoms with Crippen molar-refractivity contribution in [2.24, 2.45) is 0 Å². The van der Waals surface area contributed by atoms with E-state index >= 15 is 0 Å². The maximum atomic E-state index is 10.5. The summed E-state index contributed by atoms with van der Waals surface area (Å²) in [5.74, 6) is -0.559. The summed E-state index contributed by atoms with van der Waals surface area (Å²) >= 11 is 0. The molecule has 0 aromatic rings. The van der Waals surface area contributed by atoms with Gasteiger partial charge in [0.2, 0.25) is 0 Å². The Morgan fingerprint density at radius 3 is 2.64 bits per heavy atom. The van der Waals surface area contributed by atoms with E-state index in [1.165, 1.54) is 0 Å². The van der Waals surface area contributed by atoms with Crippen LogP contribution < -0.4 is 0 Å². The van der Waals surface area contributed by atoms with Crippen LogP contribution >= 0.6 is 8.03 Å². The van der Waals surface area contributed by atoms with Gasteiger partial charge in [0.25, 0.3) is 0 Å². The van der Waals surface area contributed by atoms with Crippen molar-refractivity contribution < 1.29 is 24.1 Å². The van der Waals surface area contributed by atoms with Crippen molar-refractivity contribution in [1.82, 2.24) is 0 Å². The molecule has 5 nitrogen and oxygen atoms in total. The number of carbonyl (C=O) groups excluding carboxylic acids is 1. The molecule has 0 bridgehead atoms. The second-order valence-corrected chi connectivity index (χ2v) is 2.92. The SMILES string of the molecule is O=C(CC[P+](=O)O)OCCO. The van der Waals surface area contributed by atoms with Gasteiger partial charge >= 0.3 is 14.0 Å². The highest BCUT2D eigenvalue weighted by molar-refractivity contribution is 7.38. The van der Waals surface area contributed by atoms with Crippen LogP contribution in [0, 0.1) is 0 Å². The summed E-state index contributed by atoms with van der Waals surface area (Å²) < 4.78 is 14.5. The highest BCUT2D eigenvalue weighted by atomic mass is 31.1. The normalized spacial score (nSPS) is 10.9. The number of esters is 1. The number of aliphatic hydroxyl groups is 1. The van der Waals surface area contributed by atoms with E-state index in [1.807, 2.05) is 0 Å². The van der Waals surface area contributed by atoms with Crippen molar-refractivity contribution in [1.29, 1.82) is 0 Å². The first-order chi connectivity index (χ1) is 5.16. The molecule has 0 aromatic carbocycles. The predicted molar refractivity (Wildman–Crippen MR) is 37.4 cm³/mol. The van der Waals surface area contributed by atoms with Crippen LogP contribution in [0.15, 0.2) is 0 Å². The molecular weight excluding hydrogens is 171 g/mol. The van der Waals surface area contributed by atoms with Crippen LogP contribution in [0.25, 0.3) is 0 Å². The molecule has 2 N–H and O–H groups in total. The lowest BCUT2D eigenvalue weighted by molar-refractivity contribution is -0.144. The molecule has 0 aliphatic rings. The van der Waals surface area contributed by atoms with Gasteiger partial charge in [-0.2, -0.15) is 4.89 Å². The van der Waals surface area contributed by atoms with Gasteiger partial charge in [-0.05, 0) is 4.57 Å². The number of aliphatic hydroxyl groups excluding tert-OH is 1. The number of hydrogen-bond donors (Lipinski definition) is 2. The molecule has 0 spiro atoms. The van der Waals surface area contributed by atoms with Gasteiger partial charge in [-0.1, -0.05) is 0 Å². The fraction of sp³-hybridized carbons (Fsp3) is 0.800. The molecule has 0 aliphatic heterocycles. The van der Waals surface area contributed by atoms with E-state index in [1.54, 1.807) is 0 Å². The van der Waals surface area contributed by atoms with E-state index in [9.17, 15) is 9.36 Å². The van der Waals surface area contributed by atoms with Gasteiger partial charge in [0, 0.05) is 0 Å². The van der Waals surface area contributed by atoms with Crippen LogP contribution in [0.4, 0.5) is 0 Å². The molecule has 6 heteroatoms. The molecule has 11 heavy (non-hydrogen) atoms. The molecule has 0 saturated carbocycles. The molecule has 1 atom stereocenters. The fourth-order valence-electron chi connectivity index (χ4n) is 0.419. The van der Waals surface area contributed by atoms with Crippen molar-refractivity contribution in [3.63, 3.8) is 0 Å². The summed E-state index contributed by atoms with van der Waals surface area (Å²) in [5.41, 5.74) is 0. The van der Waals surface area contributed by atoms with E-state index in [4.69, 9.17) is 10.00 Å². The van der Waals surface area contributed by atoms with Crippen molar-refractivity contribution in [2.45, 2.75) is 6.42 Å². The van der Waals surface area contributed by atoms with Crippen LogP contribution in [0.2, 0.25) is 0 Å². The Kier molecular flexibility index (Phi) is 5.93. The Hall–Kier alpha value is -0.510. The second-order valence-electron chi connectivity index (χ2n) is 1.77. The van der Waals surface area contributed by atoms with Crippen molar-refractivity contribution in [2.75, 3.05) is 19.4 Å². The Balaban J connectivity index is 3.30. The van der Waals surface area contributed by atoms with Crippen molar-refractivity contribution >= 4 is 14.0 Å². The van der Waals surface area contributed by atoms with Crippen LogP contribution in [-0.2, 0) is 14.1 Å². The largest absolute Gasteiger partial charge is 0.506 e. The van der Waals surface area contributed by atoms with Gasteiger partial charge in [0.1, 0.15) is 6.61 Å². The molecule has 0 rings (SSSR count). The van der Waals surface area contributed by atoms with Crippen LogP contribution in [0.3, 0.4) is 0 Å². The minimum absolute atomic E-state index is 0.0545. The molecule has 0 fully saturated rings. The third-order valence-electron chi connectivity index (χ3n) is 0.862. The smallest absolute Gasteiger partial charge is 0.463 e. The third-order valence-corrected chi connectivity index (χ3v) is 1.47. The van der Waals surface area contributed by atoms with Crippen LogP contribution in [0.5, 0.6) is 0 Å². The Bertz CT molecular complexity index is 146. The standard InChI is InChI=1S/C5H9O5P/c6-2-3-10-5(7)1-4-11(8)9/h6H,1-4H2/p+1. The van der Waals surface area contributed by atoms with Crippen molar-refractivity contribution in [3.8, 4) is 0 Å². The molecular formula is C5H10O5P+. The fourth-order valence-corrected chi connectivity index (χ4v) is 0.792. The van der Waals surface area contributed by atoms with Gasteiger partial charge in [0.05, 0.1) is 13.0 Å². The quantitative estimate of drug-likeness (QED) is 0.447. The van der Waals surface area contributed by atoms with Crippen LogP contribution in [-0.4, -0.2) is 35.3 Å². The summed E-state index contributed by atoms with van der Waals surface area (Å²) in [7, 11) is -2.26. The average Bonchev–Trinajstić information content (AvgIpc) is 1.97. The first-order valence-corrected chi connectivity index (χ1v) is 4.46. The van der Waals surface area contributed by atoms with Gasteiger partial charge < -0.3 is 9.84 Å².